The molecule has 0 saturated heterocycles. The highest BCUT2D eigenvalue weighted by Crippen LogP contribution is 2.31. The van der Waals surface area contributed by atoms with Gasteiger partial charge in [0.2, 0.25) is 0 Å². The van der Waals surface area contributed by atoms with E-state index in [1.165, 1.54) is 17.7 Å². The third kappa shape index (κ3) is 3.26. The van der Waals surface area contributed by atoms with Gasteiger partial charge in [0.25, 0.3) is 0 Å². The molecule has 2 rings (SSSR count). The quantitative estimate of drug-likeness (QED) is 0.642. The largest absolute Gasteiger partial charge is 0.207 e. The van der Waals surface area contributed by atoms with E-state index in [4.69, 9.17) is 0 Å². The van der Waals surface area contributed by atoms with Crippen LogP contribution in [-0.4, -0.2) is 0 Å². The molecule has 0 aromatic heterocycles. The van der Waals surface area contributed by atoms with Crippen LogP contribution in [0.15, 0.2) is 30.3 Å². The maximum absolute atomic E-state index is 14.0. The molecule has 0 heterocycles. The van der Waals surface area contributed by atoms with Crippen molar-refractivity contribution in [2.75, 3.05) is 0 Å². The Balaban J connectivity index is 2.30. The van der Waals surface area contributed by atoms with Crippen molar-refractivity contribution in [3.8, 4) is 0 Å². The average molecular weight is 339 g/mol. The summed E-state index contributed by atoms with van der Waals surface area (Å²) in [5, 5.41) is 0. The molecule has 106 valence electrons. The highest BCUT2D eigenvalue weighted by atomic mass is 79.9. The summed E-state index contributed by atoms with van der Waals surface area (Å²) in [5.74, 6) is -0.733. The summed E-state index contributed by atoms with van der Waals surface area (Å²) in [6.45, 7) is 5.62. The standard InChI is InChI=1S/C17H17BrF2/c1-10-4-5-11(2)13(6-10)8-15(18)14-9-16(19)12(3)7-17(14)20/h4-7,9,15H,8H2,1-3H3. The van der Waals surface area contributed by atoms with Crippen LogP contribution in [-0.2, 0) is 6.42 Å². The number of alkyl halides is 1. The molecule has 0 aliphatic carbocycles. The molecule has 0 nitrogen and oxygen atoms in total. The maximum atomic E-state index is 14.0. The van der Waals surface area contributed by atoms with E-state index in [9.17, 15) is 8.78 Å². The second kappa shape index (κ2) is 6.04. The van der Waals surface area contributed by atoms with Crippen LogP contribution in [0.1, 0.15) is 32.6 Å². The van der Waals surface area contributed by atoms with E-state index in [1.54, 1.807) is 6.92 Å². The molecule has 20 heavy (non-hydrogen) atoms. The summed E-state index contributed by atoms with van der Waals surface area (Å²) < 4.78 is 27.6. The van der Waals surface area contributed by atoms with Gasteiger partial charge in [0.15, 0.2) is 0 Å². The Morgan fingerprint density at radius 1 is 0.950 bits per heavy atom. The normalized spacial score (nSPS) is 12.5. The highest BCUT2D eigenvalue weighted by molar-refractivity contribution is 9.09. The van der Waals surface area contributed by atoms with Crippen molar-refractivity contribution in [1.82, 2.24) is 0 Å². The zero-order valence-corrected chi connectivity index (χ0v) is 13.4. The predicted octanol–water partition coefficient (Wildman–Crippen LogP) is 5.57. The first-order valence-corrected chi connectivity index (χ1v) is 7.46. The van der Waals surface area contributed by atoms with Crippen molar-refractivity contribution in [2.24, 2.45) is 0 Å². The van der Waals surface area contributed by atoms with Crippen LogP contribution in [0.25, 0.3) is 0 Å². The van der Waals surface area contributed by atoms with Gasteiger partial charge in [-0.1, -0.05) is 39.7 Å². The lowest BCUT2D eigenvalue weighted by Gasteiger charge is -2.14. The molecule has 0 aliphatic rings. The summed E-state index contributed by atoms with van der Waals surface area (Å²) in [7, 11) is 0. The molecule has 0 fully saturated rings. The van der Waals surface area contributed by atoms with E-state index in [-0.39, 0.29) is 16.5 Å². The molecule has 1 atom stereocenters. The Morgan fingerprint density at radius 2 is 1.65 bits per heavy atom. The fourth-order valence-electron chi connectivity index (χ4n) is 2.22. The molecular formula is C17H17BrF2. The van der Waals surface area contributed by atoms with Crippen molar-refractivity contribution in [3.63, 3.8) is 0 Å². The maximum Gasteiger partial charge on any atom is 0.128 e. The minimum atomic E-state index is -0.369. The molecule has 2 aromatic carbocycles. The monoisotopic (exact) mass is 338 g/mol. The summed E-state index contributed by atoms with van der Waals surface area (Å²) in [6, 6.07) is 8.73. The lowest BCUT2D eigenvalue weighted by molar-refractivity contribution is 0.577. The fourth-order valence-corrected chi connectivity index (χ4v) is 2.92. The van der Waals surface area contributed by atoms with Gasteiger partial charge in [0, 0.05) is 10.4 Å². The Kier molecular flexibility index (Phi) is 4.59. The number of aryl methyl sites for hydroxylation is 3. The van der Waals surface area contributed by atoms with E-state index in [0.29, 0.717) is 17.5 Å². The summed E-state index contributed by atoms with van der Waals surface area (Å²) in [5.41, 5.74) is 4.17. The number of rotatable bonds is 3. The average Bonchev–Trinajstić information content (AvgIpc) is 2.38. The third-order valence-electron chi connectivity index (χ3n) is 3.52. The first kappa shape index (κ1) is 15.2. The van der Waals surface area contributed by atoms with Gasteiger partial charge in [0.05, 0.1) is 0 Å². The van der Waals surface area contributed by atoms with Gasteiger partial charge >= 0.3 is 0 Å². The van der Waals surface area contributed by atoms with E-state index < -0.39 is 0 Å². The lowest BCUT2D eigenvalue weighted by Crippen LogP contribution is -2.02. The van der Waals surface area contributed by atoms with Gasteiger partial charge in [0.1, 0.15) is 11.6 Å². The summed E-state index contributed by atoms with van der Waals surface area (Å²) in [6.07, 6.45) is 0.632. The molecule has 1 unspecified atom stereocenters. The molecular weight excluding hydrogens is 322 g/mol. The Morgan fingerprint density at radius 3 is 2.35 bits per heavy atom. The van der Waals surface area contributed by atoms with E-state index in [1.807, 2.05) is 19.9 Å². The minimum absolute atomic E-state index is 0.238. The van der Waals surface area contributed by atoms with Gasteiger partial charge in [-0.2, -0.15) is 0 Å². The highest BCUT2D eigenvalue weighted by Gasteiger charge is 2.16. The number of benzene rings is 2. The van der Waals surface area contributed by atoms with E-state index in [0.717, 1.165) is 11.1 Å². The van der Waals surface area contributed by atoms with Crippen LogP contribution in [0.3, 0.4) is 0 Å². The van der Waals surface area contributed by atoms with Crippen LogP contribution in [0.4, 0.5) is 8.78 Å². The molecule has 3 heteroatoms. The van der Waals surface area contributed by atoms with Gasteiger partial charge in [-0.3, -0.25) is 0 Å². The first-order valence-electron chi connectivity index (χ1n) is 6.54. The minimum Gasteiger partial charge on any atom is -0.207 e. The molecule has 0 spiro atoms. The van der Waals surface area contributed by atoms with E-state index in [2.05, 4.69) is 28.1 Å². The molecule has 0 radical (unpaired) electrons. The second-order valence-corrected chi connectivity index (χ2v) is 6.33. The van der Waals surface area contributed by atoms with Crippen molar-refractivity contribution in [3.05, 3.63) is 69.8 Å². The lowest BCUT2D eigenvalue weighted by atomic mass is 9.98. The predicted molar refractivity (Wildman–Crippen MR) is 82.4 cm³/mol. The molecule has 0 bridgehead atoms. The van der Waals surface area contributed by atoms with Crippen molar-refractivity contribution in [2.45, 2.75) is 32.0 Å². The number of hydrogen-bond donors (Lipinski definition) is 0. The van der Waals surface area contributed by atoms with Crippen LogP contribution in [0, 0.1) is 32.4 Å². The van der Waals surface area contributed by atoms with Crippen LogP contribution in [0.5, 0.6) is 0 Å². The molecule has 2 aromatic rings. The Labute approximate surface area is 127 Å². The second-order valence-electron chi connectivity index (χ2n) is 5.22. The Bertz CT molecular complexity index is 635. The van der Waals surface area contributed by atoms with E-state index >= 15 is 0 Å². The van der Waals surface area contributed by atoms with Crippen molar-refractivity contribution in [1.29, 1.82) is 0 Å². The van der Waals surface area contributed by atoms with Gasteiger partial charge in [-0.15, -0.1) is 0 Å². The zero-order chi connectivity index (χ0) is 14.9. The third-order valence-corrected chi connectivity index (χ3v) is 4.34. The molecule has 0 aliphatic heterocycles. The molecule has 0 saturated carbocycles. The topological polar surface area (TPSA) is 0 Å². The smallest absolute Gasteiger partial charge is 0.128 e. The molecule has 0 N–H and O–H groups in total. The van der Waals surface area contributed by atoms with Crippen LogP contribution >= 0.6 is 15.9 Å². The number of halogens is 3. The van der Waals surface area contributed by atoms with Gasteiger partial charge < -0.3 is 0 Å². The fraction of sp³-hybridized carbons (Fsp3) is 0.294. The van der Waals surface area contributed by atoms with Gasteiger partial charge in [-0.25, -0.2) is 8.78 Å². The van der Waals surface area contributed by atoms with Crippen LogP contribution in [0.2, 0.25) is 0 Å². The van der Waals surface area contributed by atoms with Crippen molar-refractivity contribution >= 4 is 15.9 Å². The van der Waals surface area contributed by atoms with Crippen LogP contribution < -0.4 is 0 Å². The molecule has 0 amide bonds. The SMILES string of the molecule is Cc1ccc(C)c(CC(Br)c2cc(F)c(C)cc2F)c1. The summed E-state index contributed by atoms with van der Waals surface area (Å²) in [4.78, 5) is -0.238. The number of hydrogen-bond acceptors (Lipinski definition) is 0. The zero-order valence-electron chi connectivity index (χ0n) is 11.8. The first-order chi connectivity index (χ1) is 9.38. The van der Waals surface area contributed by atoms with Crippen molar-refractivity contribution < 1.29 is 8.78 Å². The summed E-state index contributed by atoms with van der Waals surface area (Å²) >= 11 is 3.48. The van der Waals surface area contributed by atoms with Gasteiger partial charge in [-0.05, 0) is 56.0 Å². The Hall–Kier alpha value is -1.22.